The lowest BCUT2D eigenvalue weighted by atomic mass is 10.1. The summed E-state index contributed by atoms with van der Waals surface area (Å²) in [6.07, 6.45) is 3.59. The number of nitrogens with zero attached hydrogens (tertiary/aromatic N) is 2. The Kier molecular flexibility index (Phi) is 13.2. The Hall–Kier alpha value is -1.31. The van der Waals surface area contributed by atoms with Crippen molar-refractivity contribution >= 4 is 35.8 Å². The molecule has 1 aromatic carbocycles. The van der Waals surface area contributed by atoms with Crippen LogP contribution in [0.25, 0.3) is 0 Å². The number of rotatable bonds is 9. The number of benzene rings is 1. The standard InChI is InChI=1S/C19H32N4O.HI/c1-5-8-9-14-21-19(20-4)22-15-16-10-12-17(13-11-16)18(24)23(6-2)7-3;/h10-13H,5-9,14-15H2,1-4H3,(H2,20,21,22);1H. The summed E-state index contributed by atoms with van der Waals surface area (Å²) >= 11 is 0. The van der Waals surface area contributed by atoms with Crippen molar-refractivity contribution in [3.8, 4) is 0 Å². The first-order chi connectivity index (χ1) is 11.7. The molecule has 0 saturated heterocycles. The lowest BCUT2D eigenvalue weighted by Gasteiger charge is -2.18. The number of aliphatic imine (C=N–C) groups is 1. The zero-order valence-electron chi connectivity index (χ0n) is 16.0. The SMILES string of the molecule is CCCCCNC(=NC)NCc1ccc(C(=O)N(CC)CC)cc1.I. The molecule has 0 radical (unpaired) electrons. The first-order valence-corrected chi connectivity index (χ1v) is 8.98. The first-order valence-electron chi connectivity index (χ1n) is 8.98. The van der Waals surface area contributed by atoms with Crippen molar-refractivity contribution in [2.24, 2.45) is 4.99 Å². The van der Waals surface area contributed by atoms with Gasteiger partial charge in [0.05, 0.1) is 0 Å². The van der Waals surface area contributed by atoms with Gasteiger partial charge in [0.1, 0.15) is 0 Å². The highest BCUT2D eigenvalue weighted by Crippen LogP contribution is 2.08. The molecule has 1 aromatic rings. The number of nitrogens with one attached hydrogen (secondary N) is 2. The largest absolute Gasteiger partial charge is 0.356 e. The van der Waals surface area contributed by atoms with Crippen molar-refractivity contribution < 1.29 is 4.79 Å². The van der Waals surface area contributed by atoms with E-state index in [1.165, 1.54) is 12.8 Å². The minimum atomic E-state index is 0. The smallest absolute Gasteiger partial charge is 0.253 e. The molecule has 0 aliphatic heterocycles. The number of amides is 1. The minimum absolute atomic E-state index is 0. The average molecular weight is 460 g/mol. The molecule has 0 aliphatic rings. The van der Waals surface area contributed by atoms with Crippen molar-refractivity contribution in [3.05, 3.63) is 35.4 Å². The molecule has 2 N–H and O–H groups in total. The van der Waals surface area contributed by atoms with E-state index in [9.17, 15) is 4.79 Å². The number of hydrogen-bond donors (Lipinski definition) is 2. The molecule has 25 heavy (non-hydrogen) atoms. The van der Waals surface area contributed by atoms with Gasteiger partial charge in [-0.25, -0.2) is 0 Å². The highest BCUT2D eigenvalue weighted by Gasteiger charge is 2.11. The fourth-order valence-corrected chi connectivity index (χ4v) is 2.45. The molecule has 0 atom stereocenters. The van der Waals surface area contributed by atoms with Gasteiger partial charge in [-0.05, 0) is 38.0 Å². The molecule has 0 saturated carbocycles. The normalized spacial score (nSPS) is 10.8. The van der Waals surface area contributed by atoms with Crippen molar-refractivity contribution in [3.63, 3.8) is 0 Å². The topological polar surface area (TPSA) is 56.7 Å². The summed E-state index contributed by atoms with van der Waals surface area (Å²) in [5.41, 5.74) is 1.87. The Morgan fingerprint density at radius 2 is 1.68 bits per heavy atom. The minimum Gasteiger partial charge on any atom is -0.356 e. The van der Waals surface area contributed by atoms with Crippen LogP contribution in [0.1, 0.15) is 56.0 Å². The molecule has 0 bridgehead atoms. The van der Waals surface area contributed by atoms with Crippen LogP contribution in [0.5, 0.6) is 0 Å². The summed E-state index contributed by atoms with van der Waals surface area (Å²) in [6.45, 7) is 9.29. The van der Waals surface area contributed by atoms with E-state index in [2.05, 4.69) is 22.5 Å². The zero-order valence-corrected chi connectivity index (χ0v) is 18.3. The fraction of sp³-hybridized carbons (Fsp3) is 0.579. The van der Waals surface area contributed by atoms with E-state index in [-0.39, 0.29) is 29.9 Å². The lowest BCUT2D eigenvalue weighted by Crippen LogP contribution is -2.37. The van der Waals surface area contributed by atoms with E-state index in [1.807, 2.05) is 43.0 Å². The van der Waals surface area contributed by atoms with Gasteiger partial charge < -0.3 is 15.5 Å². The number of carbonyl (C=O) groups excluding carboxylic acids is 1. The third kappa shape index (κ3) is 8.56. The van der Waals surface area contributed by atoms with E-state index in [1.54, 1.807) is 7.05 Å². The van der Waals surface area contributed by atoms with E-state index in [0.29, 0.717) is 6.54 Å². The number of halogens is 1. The van der Waals surface area contributed by atoms with Gasteiger partial charge in [0, 0.05) is 38.8 Å². The summed E-state index contributed by atoms with van der Waals surface area (Å²) in [5, 5.41) is 6.61. The van der Waals surface area contributed by atoms with Crippen LogP contribution in [0, 0.1) is 0 Å². The van der Waals surface area contributed by atoms with E-state index < -0.39 is 0 Å². The number of hydrogen-bond acceptors (Lipinski definition) is 2. The van der Waals surface area contributed by atoms with Crippen molar-refractivity contribution in [2.75, 3.05) is 26.7 Å². The van der Waals surface area contributed by atoms with Crippen molar-refractivity contribution in [1.82, 2.24) is 15.5 Å². The Labute approximate surface area is 169 Å². The molecule has 1 amide bonds. The summed E-state index contributed by atoms with van der Waals surface area (Å²) in [7, 11) is 1.78. The molecule has 0 spiro atoms. The molecular weight excluding hydrogens is 427 g/mol. The van der Waals surface area contributed by atoms with Crippen LogP contribution in [0.15, 0.2) is 29.3 Å². The third-order valence-corrected chi connectivity index (χ3v) is 4.01. The highest BCUT2D eigenvalue weighted by molar-refractivity contribution is 14.0. The maximum absolute atomic E-state index is 12.3. The molecule has 0 aromatic heterocycles. The Balaban J connectivity index is 0.00000576. The Morgan fingerprint density at radius 3 is 2.20 bits per heavy atom. The quantitative estimate of drug-likeness (QED) is 0.256. The second-order valence-electron chi connectivity index (χ2n) is 5.73. The monoisotopic (exact) mass is 460 g/mol. The van der Waals surface area contributed by atoms with Crippen LogP contribution in [0.4, 0.5) is 0 Å². The molecule has 0 fully saturated rings. The lowest BCUT2D eigenvalue weighted by molar-refractivity contribution is 0.0773. The van der Waals surface area contributed by atoms with E-state index in [0.717, 1.165) is 43.1 Å². The first kappa shape index (κ1) is 23.7. The molecule has 1 rings (SSSR count). The van der Waals surface area contributed by atoms with Crippen molar-refractivity contribution in [2.45, 2.75) is 46.6 Å². The Morgan fingerprint density at radius 1 is 1.04 bits per heavy atom. The van der Waals surface area contributed by atoms with Crippen LogP contribution in [0.2, 0.25) is 0 Å². The van der Waals surface area contributed by atoms with Gasteiger partial charge in [-0.1, -0.05) is 31.9 Å². The van der Waals surface area contributed by atoms with Crippen LogP contribution in [-0.4, -0.2) is 43.4 Å². The maximum Gasteiger partial charge on any atom is 0.253 e. The molecule has 0 heterocycles. The van der Waals surface area contributed by atoms with Crippen LogP contribution < -0.4 is 10.6 Å². The predicted molar refractivity (Wildman–Crippen MR) is 117 cm³/mol. The number of guanidine groups is 1. The summed E-state index contributed by atoms with van der Waals surface area (Å²) < 4.78 is 0. The highest BCUT2D eigenvalue weighted by atomic mass is 127. The summed E-state index contributed by atoms with van der Waals surface area (Å²) in [5.74, 6) is 0.905. The van der Waals surface area contributed by atoms with Gasteiger partial charge >= 0.3 is 0 Å². The van der Waals surface area contributed by atoms with Gasteiger partial charge in [0.2, 0.25) is 0 Å². The summed E-state index contributed by atoms with van der Waals surface area (Å²) in [6, 6.07) is 7.78. The molecule has 6 heteroatoms. The van der Waals surface area contributed by atoms with Crippen LogP contribution >= 0.6 is 24.0 Å². The zero-order chi connectivity index (χ0) is 17.8. The molecule has 5 nitrogen and oxygen atoms in total. The van der Waals surface area contributed by atoms with Crippen LogP contribution in [0.3, 0.4) is 0 Å². The third-order valence-electron chi connectivity index (χ3n) is 4.01. The molecule has 142 valence electrons. The molecular formula is C19H33IN4O. The maximum atomic E-state index is 12.3. The predicted octanol–water partition coefficient (Wildman–Crippen LogP) is 3.64. The van der Waals surface area contributed by atoms with Crippen LogP contribution in [-0.2, 0) is 6.54 Å². The molecule has 0 unspecified atom stereocenters. The van der Waals surface area contributed by atoms with E-state index >= 15 is 0 Å². The van der Waals surface area contributed by atoms with E-state index in [4.69, 9.17) is 0 Å². The van der Waals surface area contributed by atoms with Gasteiger partial charge in [-0.3, -0.25) is 9.79 Å². The van der Waals surface area contributed by atoms with Gasteiger partial charge in [0.15, 0.2) is 5.96 Å². The van der Waals surface area contributed by atoms with Gasteiger partial charge in [0.25, 0.3) is 5.91 Å². The Bertz CT molecular complexity index is 513. The second kappa shape index (κ2) is 13.9. The molecule has 0 aliphatic carbocycles. The second-order valence-corrected chi connectivity index (χ2v) is 5.73. The number of carbonyl (C=O) groups is 1. The van der Waals surface area contributed by atoms with Gasteiger partial charge in [-0.15, -0.1) is 24.0 Å². The fourth-order valence-electron chi connectivity index (χ4n) is 2.45. The van der Waals surface area contributed by atoms with Gasteiger partial charge in [-0.2, -0.15) is 0 Å². The van der Waals surface area contributed by atoms with Crippen molar-refractivity contribution in [1.29, 1.82) is 0 Å². The summed E-state index contributed by atoms with van der Waals surface area (Å²) in [4.78, 5) is 18.3. The number of unbranched alkanes of at least 4 members (excludes halogenated alkanes) is 2. The average Bonchev–Trinajstić information content (AvgIpc) is 2.62.